The molecule has 1 aromatic heterocycles. The highest BCUT2D eigenvalue weighted by molar-refractivity contribution is 6.69. The zero-order valence-electron chi connectivity index (χ0n) is 14.4. The Bertz CT molecular complexity index is 1100. The van der Waals surface area contributed by atoms with Crippen molar-refractivity contribution in [3.63, 3.8) is 0 Å². The Morgan fingerprint density at radius 2 is 1.48 bits per heavy atom. The van der Waals surface area contributed by atoms with Crippen molar-refractivity contribution in [2.45, 2.75) is 6.61 Å². The normalized spacial score (nSPS) is 10.7. The van der Waals surface area contributed by atoms with Crippen LogP contribution in [-0.2, 0) is 6.61 Å². The first kappa shape index (κ1) is 17.3. The molecule has 0 spiro atoms. The summed E-state index contributed by atoms with van der Waals surface area (Å²) in [5.74, 6) is 0.406. The van der Waals surface area contributed by atoms with E-state index in [9.17, 15) is 4.79 Å². The molecule has 0 radical (unpaired) electrons. The van der Waals surface area contributed by atoms with E-state index in [4.69, 9.17) is 21.3 Å². The molecule has 0 saturated carbocycles. The summed E-state index contributed by atoms with van der Waals surface area (Å²) in [6.45, 7) is 0.317. The molecule has 0 atom stereocenters. The highest BCUT2D eigenvalue weighted by Gasteiger charge is 2.22. The Hall–Kier alpha value is -3.17. The number of carbonyl (C=O) groups is 1. The predicted molar refractivity (Wildman–Crippen MR) is 108 cm³/mol. The van der Waals surface area contributed by atoms with E-state index in [1.165, 1.54) is 0 Å². The largest absolute Gasteiger partial charge is 0.486 e. The standard InChI is InChI=1S/C23H16ClNO2/c24-23(26)20-18-13-7-8-14-19(18)25-21(17-11-5-2-6-12-17)22(20)27-15-16-9-3-1-4-10-16/h1-14H,15H2. The number of ether oxygens (including phenoxy) is 1. The highest BCUT2D eigenvalue weighted by atomic mass is 35.5. The summed E-state index contributed by atoms with van der Waals surface area (Å²) >= 11 is 5.98. The van der Waals surface area contributed by atoms with E-state index in [1.807, 2.05) is 84.9 Å². The van der Waals surface area contributed by atoms with Gasteiger partial charge in [-0.05, 0) is 23.2 Å². The molecule has 3 nitrogen and oxygen atoms in total. The monoisotopic (exact) mass is 373 g/mol. The number of nitrogens with zero attached hydrogens (tertiary/aromatic N) is 1. The summed E-state index contributed by atoms with van der Waals surface area (Å²) in [5, 5.41) is 0.120. The van der Waals surface area contributed by atoms with Crippen LogP contribution in [0.5, 0.6) is 5.75 Å². The second-order valence-electron chi connectivity index (χ2n) is 6.10. The molecular formula is C23H16ClNO2. The van der Waals surface area contributed by atoms with Gasteiger partial charge in [-0.3, -0.25) is 4.79 Å². The number of carbonyl (C=O) groups excluding carboxylic acids is 1. The maximum Gasteiger partial charge on any atom is 0.256 e. The lowest BCUT2D eigenvalue weighted by molar-refractivity contribution is 0.107. The lowest BCUT2D eigenvalue weighted by Gasteiger charge is -2.16. The molecule has 0 unspecified atom stereocenters. The van der Waals surface area contributed by atoms with Crippen molar-refractivity contribution < 1.29 is 9.53 Å². The number of hydrogen-bond acceptors (Lipinski definition) is 3. The van der Waals surface area contributed by atoms with E-state index in [1.54, 1.807) is 0 Å². The number of aromatic nitrogens is 1. The third kappa shape index (κ3) is 3.55. The molecule has 27 heavy (non-hydrogen) atoms. The first-order valence-corrected chi connectivity index (χ1v) is 8.96. The van der Waals surface area contributed by atoms with Crippen molar-refractivity contribution in [1.82, 2.24) is 4.98 Å². The van der Waals surface area contributed by atoms with Crippen molar-refractivity contribution in [1.29, 1.82) is 0 Å². The van der Waals surface area contributed by atoms with E-state index >= 15 is 0 Å². The zero-order valence-corrected chi connectivity index (χ0v) is 15.2. The number of rotatable bonds is 5. The topological polar surface area (TPSA) is 39.2 Å². The van der Waals surface area contributed by atoms with E-state index in [-0.39, 0.29) is 0 Å². The minimum absolute atomic E-state index is 0.317. The summed E-state index contributed by atoms with van der Waals surface area (Å²) in [7, 11) is 0. The highest BCUT2D eigenvalue weighted by Crippen LogP contribution is 2.37. The second-order valence-corrected chi connectivity index (χ2v) is 6.44. The fourth-order valence-electron chi connectivity index (χ4n) is 3.05. The Morgan fingerprint density at radius 3 is 2.19 bits per heavy atom. The molecule has 0 aliphatic rings. The molecule has 4 aromatic rings. The van der Waals surface area contributed by atoms with E-state index in [0.29, 0.717) is 34.5 Å². The quantitative estimate of drug-likeness (QED) is 0.411. The summed E-state index contributed by atoms with van der Waals surface area (Å²) in [6, 6.07) is 26.9. The van der Waals surface area contributed by atoms with Crippen molar-refractivity contribution in [3.05, 3.63) is 96.1 Å². The van der Waals surface area contributed by atoms with Crippen LogP contribution in [0, 0.1) is 0 Å². The van der Waals surface area contributed by atoms with Gasteiger partial charge in [-0.25, -0.2) is 4.98 Å². The number of pyridine rings is 1. The van der Waals surface area contributed by atoms with Gasteiger partial charge >= 0.3 is 0 Å². The van der Waals surface area contributed by atoms with Gasteiger partial charge in [-0.1, -0.05) is 78.9 Å². The Morgan fingerprint density at radius 1 is 0.852 bits per heavy atom. The van der Waals surface area contributed by atoms with Gasteiger partial charge in [0.2, 0.25) is 0 Å². The lowest BCUT2D eigenvalue weighted by Crippen LogP contribution is -2.05. The van der Waals surface area contributed by atoms with E-state index in [2.05, 4.69) is 0 Å². The van der Waals surface area contributed by atoms with Crippen molar-refractivity contribution in [3.8, 4) is 17.0 Å². The number of fused-ring (bicyclic) bond motifs is 1. The number of halogens is 1. The van der Waals surface area contributed by atoms with E-state index in [0.717, 1.165) is 11.1 Å². The van der Waals surface area contributed by atoms with Gasteiger partial charge in [0.05, 0.1) is 11.1 Å². The van der Waals surface area contributed by atoms with Crippen LogP contribution in [0.2, 0.25) is 0 Å². The summed E-state index contributed by atoms with van der Waals surface area (Å²) in [4.78, 5) is 17.1. The van der Waals surface area contributed by atoms with Crippen LogP contribution in [0.15, 0.2) is 84.9 Å². The molecule has 4 heteroatoms. The maximum atomic E-state index is 12.3. The molecule has 0 fully saturated rings. The summed E-state index contributed by atoms with van der Waals surface area (Å²) < 4.78 is 6.11. The number of para-hydroxylation sites is 1. The zero-order chi connectivity index (χ0) is 18.6. The summed E-state index contributed by atoms with van der Waals surface area (Å²) in [5.41, 5.74) is 3.52. The fraction of sp³-hybridized carbons (Fsp3) is 0.0435. The molecule has 0 N–H and O–H groups in total. The van der Waals surface area contributed by atoms with Crippen LogP contribution >= 0.6 is 11.6 Å². The third-order valence-electron chi connectivity index (χ3n) is 4.32. The Labute approximate surface area is 162 Å². The second kappa shape index (κ2) is 7.60. The minimum atomic E-state index is -0.561. The smallest absolute Gasteiger partial charge is 0.256 e. The third-order valence-corrected chi connectivity index (χ3v) is 4.51. The Balaban J connectivity index is 1.92. The van der Waals surface area contributed by atoms with Crippen LogP contribution in [0.25, 0.3) is 22.2 Å². The predicted octanol–water partition coefficient (Wildman–Crippen LogP) is 5.86. The van der Waals surface area contributed by atoms with Gasteiger partial charge in [0.15, 0.2) is 5.75 Å². The fourth-order valence-corrected chi connectivity index (χ4v) is 3.24. The molecule has 0 bridgehead atoms. The molecule has 132 valence electrons. The van der Waals surface area contributed by atoms with Gasteiger partial charge in [0.25, 0.3) is 5.24 Å². The number of hydrogen-bond donors (Lipinski definition) is 0. The van der Waals surface area contributed by atoms with Crippen molar-refractivity contribution >= 4 is 27.7 Å². The van der Waals surface area contributed by atoms with Gasteiger partial charge < -0.3 is 4.74 Å². The molecule has 0 aliphatic carbocycles. The van der Waals surface area contributed by atoms with Gasteiger partial charge in [-0.15, -0.1) is 0 Å². The average Bonchev–Trinajstić information content (AvgIpc) is 2.72. The van der Waals surface area contributed by atoms with E-state index < -0.39 is 5.24 Å². The minimum Gasteiger partial charge on any atom is -0.486 e. The van der Waals surface area contributed by atoms with Crippen LogP contribution < -0.4 is 4.74 Å². The molecule has 4 rings (SSSR count). The maximum absolute atomic E-state index is 12.3. The van der Waals surface area contributed by atoms with Gasteiger partial charge in [0.1, 0.15) is 12.3 Å². The SMILES string of the molecule is O=C(Cl)c1c(OCc2ccccc2)c(-c2ccccc2)nc2ccccc12. The molecule has 0 aliphatic heterocycles. The van der Waals surface area contributed by atoms with Crippen molar-refractivity contribution in [2.24, 2.45) is 0 Å². The molecule has 3 aromatic carbocycles. The average molecular weight is 374 g/mol. The molecule has 0 amide bonds. The first-order chi connectivity index (χ1) is 13.2. The van der Waals surface area contributed by atoms with Crippen molar-refractivity contribution in [2.75, 3.05) is 0 Å². The molecule has 0 saturated heterocycles. The van der Waals surface area contributed by atoms with Gasteiger partial charge in [0, 0.05) is 10.9 Å². The summed E-state index contributed by atoms with van der Waals surface area (Å²) in [6.07, 6.45) is 0. The van der Waals surface area contributed by atoms with Crippen LogP contribution in [-0.4, -0.2) is 10.2 Å². The van der Waals surface area contributed by atoms with Crippen LogP contribution in [0.3, 0.4) is 0 Å². The number of benzene rings is 3. The molecular weight excluding hydrogens is 358 g/mol. The van der Waals surface area contributed by atoms with Crippen LogP contribution in [0.4, 0.5) is 0 Å². The lowest BCUT2D eigenvalue weighted by atomic mass is 10.0. The van der Waals surface area contributed by atoms with Gasteiger partial charge in [-0.2, -0.15) is 0 Å². The van der Waals surface area contributed by atoms with Crippen LogP contribution in [0.1, 0.15) is 15.9 Å². The first-order valence-electron chi connectivity index (χ1n) is 8.59. The molecule has 1 heterocycles. The Kier molecular flexibility index (Phi) is 4.86.